The number of nitrogens with zero attached hydrogens (tertiary/aromatic N) is 5. The molecule has 0 spiro atoms. The maximum atomic E-state index is 10.3. The summed E-state index contributed by atoms with van der Waals surface area (Å²) in [5.74, 6) is 2.10. The molecule has 1 aliphatic carbocycles. The first-order valence-corrected chi connectivity index (χ1v) is 14.7. The van der Waals surface area contributed by atoms with Crippen molar-refractivity contribution in [2.24, 2.45) is 0 Å². The third-order valence-electron chi connectivity index (χ3n) is 8.88. The molecule has 5 aromatic rings. The Balaban J connectivity index is 0.000000138. The number of phenols is 2. The summed E-state index contributed by atoms with van der Waals surface area (Å²) in [5, 5.41) is 20.1. The van der Waals surface area contributed by atoms with E-state index in [0.29, 0.717) is 6.04 Å². The van der Waals surface area contributed by atoms with Gasteiger partial charge in [-0.15, -0.1) is 0 Å². The SMILES string of the molecule is CN1CCc2cccc3c2[C@H]1Cc1ccc(O)c(O)c1-3.c1ccc(N2CCN(Cc3nc4ccccc4[nH]3)CC2)nc1. The lowest BCUT2D eigenvalue weighted by molar-refractivity contribution is 0.228. The molecule has 1 saturated heterocycles. The molecule has 0 amide bonds. The third-order valence-corrected chi connectivity index (χ3v) is 8.88. The van der Waals surface area contributed by atoms with Crippen molar-refractivity contribution < 1.29 is 10.2 Å². The second-order valence-electron chi connectivity index (χ2n) is 11.4. The van der Waals surface area contributed by atoms with Crippen LogP contribution in [-0.2, 0) is 19.4 Å². The van der Waals surface area contributed by atoms with Crippen molar-refractivity contribution in [3.8, 4) is 22.6 Å². The standard InChI is InChI=1S/C17H19N5.C17H17NO2/c1-2-6-15-14(5-1)19-16(20-15)13-21-9-11-22(12-10-21)17-7-3-4-8-18-17;1-18-8-7-10-3-2-4-12-15(10)13(18)9-11-5-6-14(19)17(20)16(11)12/h1-8H,9-13H2,(H,19,20);2-6,13,19-20H,7-9H2,1H3/t;13-/m.1/s1. The number of aromatic hydroxyl groups is 2. The number of H-pyrrole nitrogens is 1. The number of fused-ring (bicyclic) bond motifs is 3. The third kappa shape index (κ3) is 4.97. The molecular weight excluding hydrogens is 524 g/mol. The Kier molecular flexibility index (Phi) is 7.01. The molecular formula is C34H36N6O2. The van der Waals surface area contributed by atoms with E-state index in [9.17, 15) is 10.2 Å². The molecule has 4 heterocycles. The van der Waals surface area contributed by atoms with Crippen LogP contribution < -0.4 is 4.90 Å². The molecule has 2 aromatic heterocycles. The van der Waals surface area contributed by atoms with Crippen LogP contribution in [0.3, 0.4) is 0 Å². The van der Waals surface area contributed by atoms with Gasteiger partial charge < -0.3 is 20.1 Å². The van der Waals surface area contributed by atoms with E-state index in [-0.39, 0.29) is 11.5 Å². The summed E-state index contributed by atoms with van der Waals surface area (Å²) in [5.41, 5.74) is 7.87. The van der Waals surface area contributed by atoms with E-state index in [0.717, 1.165) is 91.5 Å². The number of pyridine rings is 1. The van der Waals surface area contributed by atoms with E-state index in [1.54, 1.807) is 6.07 Å². The van der Waals surface area contributed by atoms with Crippen LogP contribution in [0.1, 0.15) is 28.6 Å². The predicted octanol–water partition coefficient (Wildman–Crippen LogP) is 5.13. The van der Waals surface area contributed by atoms with Gasteiger partial charge in [-0.1, -0.05) is 42.5 Å². The van der Waals surface area contributed by atoms with Crippen LogP contribution in [0.15, 0.2) is 79.0 Å². The Morgan fingerprint density at radius 2 is 1.69 bits per heavy atom. The summed E-state index contributed by atoms with van der Waals surface area (Å²) in [7, 11) is 2.16. The fraction of sp³-hybridized carbons (Fsp3) is 0.294. The van der Waals surface area contributed by atoms with Crippen LogP contribution in [0.5, 0.6) is 11.5 Å². The highest BCUT2D eigenvalue weighted by molar-refractivity contribution is 5.82. The second kappa shape index (κ2) is 11.1. The Morgan fingerprint density at radius 1 is 0.857 bits per heavy atom. The zero-order chi connectivity index (χ0) is 28.6. The number of nitrogens with one attached hydrogen (secondary N) is 1. The molecule has 42 heavy (non-hydrogen) atoms. The van der Waals surface area contributed by atoms with Gasteiger partial charge in [-0.2, -0.15) is 0 Å². The minimum Gasteiger partial charge on any atom is -0.504 e. The average molecular weight is 561 g/mol. The van der Waals surface area contributed by atoms with Crippen LogP contribution in [-0.4, -0.2) is 74.7 Å². The Labute approximate surface area is 245 Å². The maximum absolute atomic E-state index is 10.3. The number of aromatic amines is 1. The van der Waals surface area contributed by atoms with Gasteiger partial charge in [0, 0.05) is 50.5 Å². The fourth-order valence-corrected chi connectivity index (χ4v) is 6.64. The smallest absolute Gasteiger partial charge is 0.165 e. The molecule has 3 N–H and O–H groups in total. The van der Waals surface area contributed by atoms with Crippen molar-refractivity contribution in [1.82, 2.24) is 24.8 Å². The molecule has 3 aromatic carbocycles. The van der Waals surface area contributed by atoms with Crippen LogP contribution in [0, 0.1) is 0 Å². The summed E-state index contributed by atoms with van der Waals surface area (Å²) in [6.45, 7) is 6.04. The van der Waals surface area contributed by atoms with Gasteiger partial charge in [0.05, 0.1) is 17.6 Å². The predicted molar refractivity (Wildman–Crippen MR) is 166 cm³/mol. The van der Waals surface area contributed by atoms with Crippen molar-refractivity contribution in [2.45, 2.75) is 25.4 Å². The number of rotatable bonds is 3. The van der Waals surface area contributed by atoms with Crippen LogP contribution in [0.4, 0.5) is 5.82 Å². The maximum Gasteiger partial charge on any atom is 0.165 e. The number of likely N-dealkylation sites (N-methyl/N-ethyl adjacent to an activating group) is 1. The number of anilines is 1. The molecule has 0 bridgehead atoms. The number of phenolic OH excluding ortho intramolecular Hbond substituents is 2. The molecule has 8 nitrogen and oxygen atoms in total. The molecule has 214 valence electrons. The van der Waals surface area contributed by atoms with Crippen molar-refractivity contribution in [2.75, 3.05) is 44.7 Å². The molecule has 2 aliphatic heterocycles. The first-order chi connectivity index (χ1) is 20.5. The Morgan fingerprint density at radius 3 is 2.50 bits per heavy atom. The van der Waals surface area contributed by atoms with Crippen molar-refractivity contribution >= 4 is 16.9 Å². The van der Waals surface area contributed by atoms with Crippen molar-refractivity contribution in [1.29, 1.82) is 0 Å². The van der Waals surface area contributed by atoms with E-state index in [1.807, 2.05) is 42.6 Å². The van der Waals surface area contributed by atoms with E-state index in [1.165, 1.54) is 11.1 Å². The number of benzene rings is 3. The lowest BCUT2D eigenvalue weighted by Gasteiger charge is -2.39. The van der Waals surface area contributed by atoms with Gasteiger partial charge in [0.1, 0.15) is 11.6 Å². The molecule has 0 unspecified atom stereocenters. The molecule has 1 atom stereocenters. The van der Waals surface area contributed by atoms with Gasteiger partial charge in [-0.25, -0.2) is 9.97 Å². The van der Waals surface area contributed by atoms with Gasteiger partial charge in [-0.05, 0) is 72.5 Å². The number of para-hydroxylation sites is 2. The Bertz CT molecular complexity index is 1680. The molecule has 0 radical (unpaired) electrons. The van der Waals surface area contributed by atoms with E-state index in [4.69, 9.17) is 0 Å². The van der Waals surface area contributed by atoms with Crippen molar-refractivity contribution in [3.63, 3.8) is 0 Å². The highest BCUT2D eigenvalue weighted by Crippen LogP contribution is 2.49. The largest absolute Gasteiger partial charge is 0.504 e. The van der Waals surface area contributed by atoms with Gasteiger partial charge in [-0.3, -0.25) is 9.80 Å². The summed E-state index contributed by atoms with van der Waals surface area (Å²) in [6, 6.07) is 24.5. The average Bonchev–Trinajstić information content (AvgIpc) is 3.44. The lowest BCUT2D eigenvalue weighted by atomic mass is 9.77. The fourth-order valence-electron chi connectivity index (χ4n) is 6.64. The summed E-state index contributed by atoms with van der Waals surface area (Å²) in [6.07, 6.45) is 3.80. The second-order valence-corrected chi connectivity index (χ2v) is 11.4. The summed E-state index contributed by atoms with van der Waals surface area (Å²) < 4.78 is 0. The minimum absolute atomic E-state index is 0.0163. The first-order valence-electron chi connectivity index (χ1n) is 14.7. The topological polar surface area (TPSA) is 91.8 Å². The highest BCUT2D eigenvalue weighted by atomic mass is 16.3. The van der Waals surface area contributed by atoms with Gasteiger partial charge >= 0.3 is 0 Å². The molecule has 8 rings (SSSR count). The number of piperazine rings is 1. The summed E-state index contributed by atoms with van der Waals surface area (Å²) in [4.78, 5) is 19.7. The normalized spacial score (nSPS) is 18.2. The molecule has 3 aliphatic rings. The zero-order valence-electron chi connectivity index (χ0n) is 23.9. The van der Waals surface area contributed by atoms with Crippen LogP contribution in [0.25, 0.3) is 22.2 Å². The molecule has 8 heteroatoms. The molecule has 0 saturated carbocycles. The van der Waals surface area contributed by atoms with E-state index < -0.39 is 0 Å². The monoisotopic (exact) mass is 560 g/mol. The quantitative estimate of drug-likeness (QED) is 0.264. The minimum atomic E-state index is -0.0380. The molecule has 1 fully saturated rings. The van der Waals surface area contributed by atoms with Gasteiger partial charge in [0.2, 0.25) is 0 Å². The summed E-state index contributed by atoms with van der Waals surface area (Å²) >= 11 is 0. The number of hydrogen-bond donors (Lipinski definition) is 3. The zero-order valence-corrected chi connectivity index (χ0v) is 23.9. The number of aromatic nitrogens is 3. The van der Waals surface area contributed by atoms with Gasteiger partial charge in [0.15, 0.2) is 11.5 Å². The van der Waals surface area contributed by atoms with Crippen LogP contribution >= 0.6 is 0 Å². The first kappa shape index (κ1) is 26.5. The lowest BCUT2D eigenvalue weighted by Crippen LogP contribution is -2.46. The highest BCUT2D eigenvalue weighted by Gasteiger charge is 2.34. The van der Waals surface area contributed by atoms with E-state index in [2.05, 4.69) is 67.0 Å². The van der Waals surface area contributed by atoms with Crippen molar-refractivity contribution in [3.05, 3.63) is 102 Å². The van der Waals surface area contributed by atoms with Gasteiger partial charge in [0.25, 0.3) is 0 Å². The Hall–Kier alpha value is -4.40. The van der Waals surface area contributed by atoms with Crippen LogP contribution in [0.2, 0.25) is 0 Å². The van der Waals surface area contributed by atoms with E-state index >= 15 is 0 Å². The number of hydrogen-bond acceptors (Lipinski definition) is 7. The number of imidazole rings is 1.